The molecule has 0 aliphatic heterocycles. The smallest absolute Gasteiger partial charge is 0.0314 e. The highest BCUT2D eigenvalue weighted by molar-refractivity contribution is 5.68. The summed E-state index contributed by atoms with van der Waals surface area (Å²) in [5, 5.41) is 3.37. The highest BCUT2D eigenvalue weighted by Crippen LogP contribution is 2.27. The lowest BCUT2D eigenvalue weighted by molar-refractivity contribution is 0.577. The molecule has 2 aromatic carbocycles. The third kappa shape index (κ3) is 3.54. The second-order valence-corrected chi connectivity index (χ2v) is 5.57. The molecule has 2 rings (SSSR count). The lowest BCUT2D eigenvalue weighted by atomic mass is 9.93. The van der Waals surface area contributed by atoms with Crippen molar-refractivity contribution in [3.63, 3.8) is 0 Å². The van der Waals surface area contributed by atoms with Crippen LogP contribution < -0.4 is 5.32 Å². The van der Waals surface area contributed by atoms with Crippen molar-refractivity contribution in [1.82, 2.24) is 5.32 Å². The Balaban J connectivity index is 2.38. The largest absolute Gasteiger partial charge is 0.313 e. The lowest BCUT2D eigenvalue weighted by Crippen LogP contribution is -2.14. The minimum atomic E-state index is 0.451. The fourth-order valence-electron chi connectivity index (χ4n) is 2.92. The van der Waals surface area contributed by atoms with E-state index in [0.717, 1.165) is 19.3 Å². The summed E-state index contributed by atoms with van der Waals surface area (Å²) >= 11 is 0. The Hall–Kier alpha value is -1.60. The number of hydrogen-bond acceptors (Lipinski definition) is 1. The highest BCUT2D eigenvalue weighted by atomic mass is 14.9. The zero-order valence-electron chi connectivity index (χ0n) is 13.7. The molecule has 1 nitrogen and oxygen atoms in total. The summed E-state index contributed by atoms with van der Waals surface area (Å²) in [5.41, 5.74) is 6.93. The van der Waals surface area contributed by atoms with Gasteiger partial charge < -0.3 is 5.32 Å². The predicted molar refractivity (Wildman–Crippen MR) is 92.7 cm³/mol. The zero-order valence-corrected chi connectivity index (χ0v) is 13.7. The quantitative estimate of drug-likeness (QED) is 0.772. The summed E-state index contributed by atoms with van der Waals surface area (Å²) in [5.74, 6) is 0. The Morgan fingerprint density at radius 3 is 2.14 bits per heavy atom. The average molecular weight is 281 g/mol. The van der Waals surface area contributed by atoms with E-state index in [1.165, 1.54) is 27.8 Å². The van der Waals surface area contributed by atoms with Gasteiger partial charge in [0.25, 0.3) is 0 Å². The van der Waals surface area contributed by atoms with Crippen LogP contribution in [0.3, 0.4) is 0 Å². The molecule has 0 aliphatic carbocycles. The first-order valence-corrected chi connectivity index (χ1v) is 8.12. The van der Waals surface area contributed by atoms with Gasteiger partial charge >= 0.3 is 0 Å². The first-order valence-electron chi connectivity index (χ1n) is 8.12. The first-order chi connectivity index (χ1) is 10.2. The van der Waals surface area contributed by atoms with E-state index >= 15 is 0 Å². The molecule has 0 fully saturated rings. The molecule has 0 radical (unpaired) electrons. The second-order valence-electron chi connectivity index (χ2n) is 5.57. The van der Waals surface area contributed by atoms with E-state index in [-0.39, 0.29) is 0 Å². The van der Waals surface area contributed by atoms with Crippen molar-refractivity contribution in [2.45, 2.75) is 46.1 Å². The molecule has 1 unspecified atom stereocenters. The Morgan fingerprint density at radius 1 is 0.905 bits per heavy atom. The fourth-order valence-corrected chi connectivity index (χ4v) is 2.92. The van der Waals surface area contributed by atoms with E-state index in [9.17, 15) is 0 Å². The van der Waals surface area contributed by atoms with Crippen LogP contribution in [-0.4, -0.2) is 7.05 Å². The lowest BCUT2D eigenvalue weighted by Gasteiger charge is -2.16. The standard InChI is InChI=1S/C20H27N/c1-5-15-8-9-16(6-2)19(14-15)17-10-12-18(13-11-17)20(7-3)21-4/h8-14,20-21H,5-7H2,1-4H3. The topological polar surface area (TPSA) is 12.0 Å². The molecule has 112 valence electrons. The summed E-state index contributed by atoms with van der Waals surface area (Å²) in [6.07, 6.45) is 3.28. The monoisotopic (exact) mass is 281 g/mol. The normalized spacial score (nSPS) is 12.4. The van der Waals surface area contributed by atoms with Crippen molar-refractivity contribution in [2.24, 2.45) is 0 Å². The van der Waals surface area contributed by atoms with Gasteiger partial charge in [-0.3, -0.25) is 0 Å². The molecule has 0 aliphatic rings. The van der Waals surface area contributed by atoms with E-state index in [0.29, 0.717) is 6.04 Å². The minimum Gasteiger partial charge on any atom is -0.313 e. The van der Waals surface area contributed by atoms with Crippen LogP contribution in [-0.2, 0) is 12.8 Å². The Bertz CT molecular complexity index is 565. The summed E-state index contributed by atoms with van der Waals surface area (Å²) in [7, 11) is 2.03. The minimum absolute atomic E-state index is 0.451. The van der Waals surface area contributed by atoms with Crippen LogP contribution in [0.4, 0.5) is 0 Å². The van der Waals surface area contributed by atoms with Crippen LogP contribution >= 0.6 is 0 Å². The van der Waals surface area contributed by atoms with Gasteiger partial charge in [-0.2, -0.15) is 0 Å². The maximum Gasteiger partial charge on any atom is 0.0314 e. The Labute approximate surface area is 129 Å². The van der Waals surface area contributed by atoms with Crippen LogP contribution in [0.15, 0.2) is 42.5 Å². The van der Waals surface area contributed by atoms with Crippen molar-refractivity contribution in [3.05, 3.63) is 59.2 Å². The highest BCUT2D eigenvalue weighted by Gasteiger charge is 2.08. The third-order valence-corrected chi connectivity index (χ3v) is 4.34. The van der Waals surface area contributed by atoms with Crippen molar-refractivity contribution >= 4 is 0 Å². The third-order valence-electron chi connectivity index (χ3n) is 4.34. The molecule has 0 bridgehead atoms. The Kier molecular flexibility index (Phi) is 5.58. The molecule has 2 aromatic rings. The molecule has 0 saturated heterocycles. The van der Waals surface area contributed by atoms with E-state index in [1.807, 2.05) is 7.05 Å². The molecule has 1 atom stereocenters. The molecule has 21 heavy (non-hydrogen) atoms. The molecule has 0 aromatic heterocycles. The zero-order chi connectivity index (χ0) is 15.2. The molecule has 1 N–H and O–H groups in total. The summed E-state index contributed by atoms with van der Waals surface area (Å²) in [6, 6.07) is 16.4. The number of aryl methyl sites for hydroxylation is 2. The van der Waals surface area contributed by atoms with Crippen LogP contribution in [0.25, 0.3) is 11.1 Å². The fraction of sp³-hybridized carbons (Fsp3) is 0.400. The van der Waals surface area contributed by atoms with Crippen molar-refractivity contribution in [1.29, 1.82) is 0 Å². The van der Waals surface area contributed by atoms with E-state index in [2.05, 4.69) is 68.6 Å². The summed E-state index contributed by atoms with van der Waals surface area (Å²) in [6.45, 7) is 6.66. The summed E-state index contributed by atoms with van der Waals surface area (Å²) < 4.78 is 0. The molecule has 0 heterocycles. The van der Waals surface area contributed by atoms with E-state index in [1.54, 1.807) is 0 Å². The number of benzene rings is 2. The SMILES string of the molecule is CCc1ccc(CC)c(-c2ccc(C(CC)NC)cc2)c1. The van der Waals surface area contributed by atoms with Gasteiger partial charge in [-0.05, 0) is 54.1 Å². The maximum absolute atomic E-state index is 3.37. The Morgan fingerprint density at radius 2 is 1.62 bits per heavy atom. The number of rotatable bonds is 6. The van der Waals surface area contributed by atoms with Gasteiger partial charge in [-0.1, -0.05) is 63.2 Å². The molecule has 0 saturated carbocycles. The van der Waals surface area contributed by atoms with Gasteiger partial charge in [0.05, 0.1) is 0 Å². The van der Waals surface area contributed by atoms with Crippen molar-refractivity contribution < 1.29 is 0 Å². The first kappa shape index (κ1) is 15.8. The molecular formula is C20H27N. The van der Waals surface area contributed by atoms with E-state index in [4.69, 9.17) is 0 Å². The van der Waals surface area contributed by atoms with Crippen LogP contribution in [0.1, 0.15) is 49.9 Å². The van der Waals surface area contributed by atoms with Gasteiger partial charge in [0.1, 0.15) is 0 Å². The van der Waals surface area contributed by atoms with E-state index < -0.39 is 0 Å². The van der Waals surface area contributed by atoms with Crippen molar-refractivity contribution in [3.8, 4) is 11.1 Å². The van der Waals surface area contributed by atoms with Crippen LogP contribution in [0, 0.1) is 0 Å². The summed E-state index contributed by atoms with van der Waals surface area (Å²) in [4.78, 5) is 0. The van der Waals surface area contributed by atoms with Crippen molar-refractivity contribution in [2.75, 3.05) is 7.05 Å². The predicted octanol–water partition coefficient (Wildman–Crippen LogP) is 5.15. The molecule has 0 spiro atoms. The maximum atomic E-state index is 3.37. The van der Waals surface area contributed by atoms with Gasteiger partial charge in [0.15, 0.2) is 0 Å². The van der Waals surface area contributed by atoms with Gasteiger partial charge in [0.2, 0.25) is 0 Å². The van der Waals surface area contributed by atoms with Gasteiger partial charge in [-0.25, -0.2) is 0 Å². The van der Waals surface area contributed by atoms with Crippen LogP contribution in [0.5, 0.6) is 0 Å². The van der Waals surface area contributed by atoms with Gasteiger partial charge in [0, 0.05) is 6.04 Å². The average Bonchev–Trinajstić information content (AvgIpc) is 2.56. The molecule has 0 amide bonds. The number of hydrogen-bond donors (Lipinski definition) is 1. The van der Waals surface area contributed by atoms with Crippen LogP contribution in [0.2, 0.25) is 0 Å². The molecular weight excluding hydrogens is 254 g/mol. The molecule has 1 heteroatoms. The second kappa shape index (κ2) is 7.42. The number of nitrogens with one attached hydrogen (secondary N) is 1. The van der Waals surface area contributed by atoms with Gasteiger partial charge in [-0.15, -0.1) is 0 Å².